The lowest BCUT2D eigenvalue weighted by Crippen LogP contribution is -2.27. The normalized spacial score (nSPS) is 11.8. The summed E-state index contributed by atoms with van der Waals surface area (Å²) in [6.07, 6.45) is 0. The summed E-state index contributed by atoms with van der Waals surface area (Å²) >= 11 is 3.41. The minimum Gasteiger partial charge on any atom is -0.388 e. The van der Waals surface area contributed by atoms with Crippen LogP contribution in [0.5, 0.6) is 0 Å². The monoisotopic (exact) mass is 346 g/mol. The molecule has 2 N–H and O–H groups in total. The lowest BCUT2D eigenvalue weighted by molar-refractivity contribution is 0.0939. The van der Waals surface area contributed by atoms with Gasteiger partial charge in [0.05, 0.1) is 6.04 Å². The molecular formula is C17H19BrN2O. The maximum absolute atomic E-state index is 12.4. The SMILES string of the molecule is CNc1ccc(C(=O)NC(C)c2ccc(Br)cc2)c(C)c1. The molecule has 0 aliphatic heterocycles. The third kappa shape index (κ3) is 3.85. The lowest BCUT2D eigenvalue weighted by Gasteiger charge is -2.16. The second-order valence-corrected chi connectivity index (χ2v) is 5.94. The maximum atomic E-state index is 12.4. The van der Waals surface area contributed by atoms with Gasteiger partial charge in [-0.05, 0) is 55.3 Å². The molecule has 0 radical (unpaired) electrons. The van der Waals surface area contributed by atoms with Gasteiger partial charge in [0.1, 0.15) is 0 Å². The number of benzene rings is 2. The largest absolute Gasteiger partial charge is 0.388 e. The summed E-state index contributed by atoms with van der Waals surface area (Å²) in [4.78, 5) is 12.4. The molecule has 0 bridgehead atoms. The number of carbonyl (C=O) groups excluding carboxylic acids is 1. The van der Waals surface area contributed by atoms with Gasteiger partial charge in [0.15, 0.2) is 0 Å². The van der Waals surface area contributed by atoms with E-state index >= 15 is 0 Å². The molecule has 2 aromatic rings. The fourth-order valence-electron chi connectivity index (χ4n) is 2.18. The second kappa shape index (κ2) is 6.76. The van der Waals surface area contributed by atoms with E-state index in [0.29, 0.717) is 5.56 Å². The van der Waals surface area contributed by atoms with E-state index < -0.39 is 0 Å². The molecular weight excluding hydrogens is 328 g/mol. The Kier molecular flexibility index (Phi) is 5.02. The van der Waals surface area contributed by atoms with Crippen molar-refractivity contribution in [2.24, 2.45) is 0 Å². The number of nitrogens with one attached hydrogen (secondary N) is 2. The van der Waals surface area contributed by atoms with E-state index in [0.717, 1.165) is 21.3 Å². The quantitative estimate of drug-likeness (QED) is 0.866. The van der Waals surface area contributed by atoms with Crippen LogP contribution in [0.15, 0.2) is 46.9 Å². The van der Waals surface area contributed by atoms with E-state index in [1.54, 1.807) is 0 Å². The first kappa shape index (κ1) is 15.6. The highest BCUT2D eigenvalue weighted by molar-refractivity contribution is 9.10. The van der Waals surface area contributed by atoms with E-state index in [-0.39, 0.29) is 11.9 Å². The molecule has 0 saturated carbocycles. The highest BCUT2D eigenvalue weighted by Crippen LogP contribution is 2.19. The first-order chi connectivity index (χ1) is 10.0. The number of rotatable bonds is 4. The van der Waals surface area contributed by atoms with Crippen LogP contribution in [0, 0.1) is 6.92 Å². The summed E-state index contributed by atoms with van der Waals surface area (Å²) in [5.41, 5.74) is 3.75. The van der Waals surface area contributed by atoms with Gasteiger partial charge in [-0.1, -0.05) is 28.1 Å². The van der Waals surface area contributed by atoms with Crippen molar-refractivity contribution in [2.75, 3.05) is 12.4 Å². The Bertz CT molecular complexity index is 638. The van der Waals surface area contributed by atoms with E-state index in [4.69, 9.17) is 0 Å². The summed E-state index contributed by atoms with van der Waals surface area (Å²) in [6, 6.07) is 13.7. The predicted octanol–water partition coefficient (Wildman–Crippen LogP) is 4.29. The first-order valence-corrected chi connectivity index (χ1v) is 7.65. The van der Waals surface area contributed by atoms with Gasteiger partial charge in [-0.3, -0.25) is 4.79 Å². The summed E-state index contributed by atoms with van der Waals surface area (Å²) in [5.74, 6) is -0.0504. The Hall–Kier alpha value is -1.81. The summed E-state index contributed by atoms with van der Waals surface area (Å²) in [5, 5.41) is 6.11. The van der Waals surface area contributed by atoms with Gasteiger partial charge >= 0.3 is 0 Å². The van der Waals surface area contributed by atoms with Crippen LogP contribution in [0.1, 0.15) is 34.5 Å². The van der Waals surface area contributed by atoms with Gasteiger partial charge in [0.2, 0.25) is 0 Å². The highest BCUT2D eigenvalue weighted by Gasteiger charge is 2.13. The fraction of sp³-hybridized carbons (Fsp3) is 0.235. The van der Waals surface area contributed by atoms with E-state index in [9.17, 15) is 4.79 Å². The van der Waals surface area contributed by atoms with Crippen LogP contribution in [0.3, 0.4) is 0 Å². The topological polar surface area (TPSA) is 41.1 Å². The molecule has 0 spiro atoms. The zero-order valence-corrected chi connectivity index (χ0v) is 14.0. The van der Waals surface area contributed by atoms with Crippen LogP contribution in [-0.2, 0) is 0 Å². The Balaban J connectivity index is 2.12. The standard InChI is InChI=1S/C17H19BrN2O/c1-11-10-15(19-3)8-9-16(11)17(21)20-12(2)13-4-6-14(18)7-5-13/h4-10,12,19H,1-3H3,(H,20,21). The fourth-order valence-corrected chi connectivity index (χ4v) is 2.45. The molecule has 0 heterocycles. The third-order valence-corrected chi connectivity index (χ3v) is 4.01. The van der Waals surface area contributed by atoms with Gasteiger partial charge < -0.3 is 10.6 Å². The van der Waals surface area contributed by atoms with Crippen LogP contribution in [0.25, 0.3) is 0 Å². The van der Waals surface area contributed by atoms with Gasteiger partial charge in [0.25, 0.3) is 5.91 Å². The number of hydrogen-bond donors (Lipinski definition) is 2. The van der Waals surface area contributed by atoms with Gasteiger partial charge in [-0.2, -0.15) is 0 Å². The minimum atomic E-state index is -0.0504. The van der Waals surface area contributed by atoms with Crippen LogP contribution >= 0.6 is 15.9 Å². The molecule has 110 valence electrons. The van der Waals surface area contributed by atoms with Crippen molar-refractivity contribution in [3.8, 4) is 0 Å². The smallest absolute Gasteiger partial charge is 0.252 e. The number of halogens is 1. The maximum Gasteiger partial charge on any atom is 0.252 e. The van der Waals surface area contributed by atoms with Crippen molar-refractivity contribution in [1.82, 2.24) is 5.32 Å². The third-order valence-electron chi connectivity index (χ3n) is 3.48. The van der Waals surface area contributed by atoms with Crippen LogP contribution in [-0.4, -0.2) is 13.0 Å². The van der Waals surface area contributed by atoms with Crippen molar-refractivity contribution in [3.63, 3.8) is 0 Å². The molecule has 1 atom stereocenters. The summed E-state index contributed by atoms with van der Waals surface area (Å²) in [7, 11) is 1.87. The predicted molar refractivity (Wildman–Crippen MR) is 90.7 cm³/mol. The minimum absolute atomic E-state index is 0.0334. The van der Waals surface area contributed by atoms with Crippen molar-refractivity contribution in [3.05, 3.63) is 63.6 Å². The molecule has 0 saturated heterocycles. The second-order valence-electron chi connectivity index (χ2n) is 5.03. The molecule has 2 aromatic carbocycles. The molecule has 3 nitrogen and oxygen atoms in total. The number of anilines is 1. The van der Waals surface area contributed by atoms with E-state index in [1.807, 2.05) is 63.4 Å². The van der Waals surface area contributed by atoms with Crippen molar-refractivity contribution < 1.29 is 4.79 Å². The van der Waals surface area contributed by atoms with Crippen LogP contribution < -0.4 is 10.6 Å². The Morgan fingerprint density at radius 3 is 2.38 bits per heavy atom. The molecule has 4 heteroatoms. The first-order valence-electron chi connectivity index (χ1n) is 6.86. The molecule has 1 amide bonds. The van der Waals surface area contributed by atoms with Crippen molar-refractivity contribution in [1.29, 1.82) is 0 Å². The number of hydrogen-bond acceptors (Lipinski definition) is 2. The molecule has 0 fully saturated rings. The number of amides is 1. The van der Waals surface area contributed by atoms with Gasteiger partial charge in [-0.25, -0.2) is 0 Å². The molecule has 1 unspecified atom stereocenters. The molecule has 0 aromatic heterocycles. The zero-order chi connectivity index (χ0) is 15.4. The van der Waals surface area contributed by atoms with Gasteiger partial charge in [0, 0.05) is 22.8 Å². The Labute approximate surface area is 133 Å². The van der Waals surface area contributed by atoms with E-state index in [2.05, 4.69) is 26.6 Å². The molecule has 21 heavy (non-hydrogen) atoms. The number of carbonyl (C=O) groups is 1. The molecule has 2 rings (SSSR count). The van der Waals surface area contributed by atoms with E-state index in [1.165, 1.54) is 0 Å². The average molecular weight is 347 g/mol. The zero-order valence-electron chi connectivity index (χ0n) is 12.4. The number of aryl methyl sites for hydroxylation is 1. The van der Waals surface area contributed by atoms with Gasteiger partial charge in [-0.15, -0.1) is 0 Å². The Morgan fingerprint density at radius 2 is 1.81 bits per heavy atom. The van der Waals surface area contributed by atoms with Crippen LogP contribution in [0.4, 0.5) is 5.69 Å². The molecule has 0 aliphatic carbocycles. The van der Waals surface area contributed by atoms with Crippen molar-refractivity contribution in [2.45, 2.75) is 19.9 Å². The Morgan fingerprint density at radius 1 is 1.14 bits per heavy atom. The van der Waals surface area contributed by atoms with Crippen molar-refractivity contribution >= 4 is 27.5 Å². The summed E-state index contributed by atoms with van der Waals surface area (Å²) in [6.45, 7) is 3.93. The molecule has 0 aliphatic rings. The van der Waals surface area contributed by atoms with Crippen LogP contribution in [0.2, 0.25) is 0 Å². The summed E-state index contributed by atoms with van der Waals surface area (Å²) < 4.78 is 1.03. The average Bonchev–Trinajstić information content (AvgIpc) is 2.47. The lowest BCUT2D eigenvalue weighted by atomic mass is 10.0. The highest BCUT2D eigenvalue weighted by atomic mass is 79.9.